The molecule has 1 aliphatic heterocycles. The van der Waals surface area contributed by atoms with E-state index in [4.69, 9.17) is 14.8 Å². The number of imidazole rings is 1. The molecule has 5 rings (SSSR count). The number of aryl methyl sites for hydroxylation is 2. The third-order valence-electron chi connectivity index (χ3n) is 6.16. The van der Waals surface area contributed by atoms with Gasteiger partial charge in [-0.2, -0.15) is 5.10 Å². The average Bonchev–Trinajstić information content (AvgIpc) is 3.48. The Balaban J connectivity index is 1.41. The Kier molecular flexibility index (Phi) is 6.18. The Labute approximate surface area is 204 Å². The van der Waals surface area contributed by atoms with E-state index < -0.39 is 0 Å². The molecule has 0 aliphatic carbocycles. The van der Waals surface area contributed by atoms with Gasteiger partial charge in [0, 0.05) is 31.3 Å². The van der Waals surface area contributed by atoms with Crippen LogP contribution in [0.5, 0.6) is 5.75 Å². The molecular formula is C27H28N6O2. The summed E-state index contributed by atoms with van der Waals surface area (Å²) in [4.78, 5) is 20.9. The smallest absolute Gasteiger partial charge is 0.221 e. The number of rotatable bonds is 6. The van der Waals surface area contributed by atoms with Crippen LogP contribution >= 0.6 is 0 Å². The summed E-state index contributed by atoms with van der Waals surface area (Å²) in [6.45, 7) is 4.32. The van der Waals surface area contributed by atoms with Crippen LogP contribution in [0.4, 0.5) is 5.69 Å². The van der Waals surface area contributed by atoms with Gasteiger partial charge in [-0.15, -0.1) is 0 Å². The Morgan fingerprint density at radius 1 is 1.20 bits per heavy atom. The third kappa shape index (κ3) is 4.73. The molecule has 178 valence electrons. The summed E-state index contributed by atoms with van der Waals surface area (Å²) in [5.74, 6) is 2.35. The molecule has 2 aromatic carbocycles. The predicted molar refractivity (Wildman–Crippen MR) is 136 cm³/mol. The third-order valence-corrected chi connectivity index (χ3v) is 6.16. The van der Waals surface area contributed by atoms with Crippen molar-refractivity contribution in [2.24, 2.45) is 0 Å². The van der Waals surface area contributed by atoms with Crippen LogP contribution in [0.3, 0.4) is 0 Å². The first kappa shape index (κ1) is 22.6. The van der Waals surface area contributed by atoms with E-state index in [2.05, 4.69) is 16.4 Å². The van der Waals surface area contributed by atoms with E-state index in [0.29, 0.717) is 5.82 Å². The maximum Gasteiger partial charge on any atom is 0.221 e. The van der Waals surface area contributed by atoms with Gasteiger partial charge < -0.3 is 14.6 Å². The van der Waals surface area contributed by atoms with Gasteiger partial charge in [-0.05, 0) is 55.2 Å². The Bertz CT molecular complexity index is 1400. The summed E-state index contributed by atoms with van der Waals surface area (Å²) < 4.78 is 9.56. The van der Waals surface area contributed by atoms with Gasteiger partial charge in [0.1, 0.15) is 11.6 Å². The lowest BCUT2D eigenvalue weighted by atomic mass is 9.90. The number of nitrogens with zero attached hydrogens (tertiary/aromatic N) is 5. The Hall–Kier alpha value is -4.20. The molecule has 0 radical (unpaired) electrons. The van der Waals surface area contributed by atoms with E-state index in [0.717, 1.165) is 59.2 Å². The van der Waals surface area contributed by atoms with Crippen molar-refractivity contribution in [2.75, 3.05) is 12.4 Å². The van der Waals surface area contributed by atoms with Crippen molar-refractivity contribution in [1.29, 1.82) is 0 Å². The molecule has 0 bridgehead atoms. The second-order valence-corrected chi connectivity index (χ2v) is 8.70. The maximum absolute atomic E-state index is 11.7. The lowest BCUT2D eigenvalue weighted by Crippen LogP contribution is -2.19. The highest BCUT2D eigenvalue weighted by molar-refractivity contribution is 5.89. The largest absolute Gasteiger partial charge is 0.495 e. The van der Waals surface area contributed by atoms with Crippen molar-refractivity contribution in [1.82, 2.24) is 24.3 Å². The van der Waals surface area contributed by atoms with Crippen molar-refractivity contribution >= 4 is 23.7 Å². The number of hydrogen-bond donors (Lipinski definition) is 1. The number of carbonyl (C=O) groups is 1. The van der Waals surface area contributed by atoms with Gasteiger partial charge in [0.2, 0.25) is 5.91 Å². The lowest BCUT2D eigenvalue weighted by molar-refractivity contribution is -0.114. The Morgan fingerprint density at radius 2 is 2.06 bits per heavy atom. The van der Waals surface area contributed by atoms with E-state index in [9.17, 15) is 4.79 Å². The van der Waals surface area contributed by atoms with E-state index in [1.807, 2.05) is 70.9 Å². The summed E-state index contributed by atoms with van der Waals surface area (Å²) in [5.41, 5.74) is 4.77. The number of ether oxygens (including phenoxy) is 1. The number of benzene rings is 2. The number of para-hydroxylation sites is 1. The van der Waals surface area contributed by atoms with Gasteiger partial charge >= 0.3 is 0 Å². The van der Waals surface area contributed by atoms with Crippen LogP contribution in [0.15, 0.2) is 55.0 Å². The maximum atomic E-state index is 11.7. The van der Waals surface area contributed by atoms with Crippen molar-refractivity contribution in [3.63, 3.8) is 0 Å². The average molecular weight is 469 g/mol. The minimum absolute atomic E-state index is 0.0806. The fourth-order valence-electron chi connectivity index (χ4n) is 4.57. The minimum atomic E-state index is -0.0806. The normalized spacial score (nSPS) is 15.2. The Morgan fingerprint density at radius 3 is 2.83 bits per heavy atom. The van der Waals surface area contributed by atoms with Gasteiger partial charge in [-0.25, -0.2) is 14.6 Å². The zero-order valence-electron chi connectivity index (χ0n) is 20.1. The standard InChI is InChI=1S/C27H28N6O2/c1-18-16-32(17-28-18)24-12-10-20(15-25(24)35-3)11-13-26-30-27-22(8-6-14-33(27)31-26)21-7-4-5-9-23(21)29-19(2)34/h4-5,7,9-13,15-17,22H,6,8,14H2,1-3H3,(H,29,34)/b13-11+. The molecule has 3 heterocycles. The summed E-state index contributed by atoms with van der Waals surface area (Å²) >= 11 is 0. The zero-order chi connectivity index (χ0) is 24.4. The molecule has 2 aromatic heterocycles. The quantitative estimate of drug-likeness (QED) is 0.438. The number of carbonyl (C=O) groups excluding carboxylic acids is 1. The molecule has 1 aliphatic rings. The molecule has 1 unspecified atom stereocenters. The highest BCUT2D eigenvalue weighted by atomic mass is 16.5. The van der Waals surface area contributed by atoms with Crippen LogP contribution in [-0.4, -0.2) is 37.3 Å². The highest BCUT2D eigenvalue weighted by Gasteiger charge is 2.27. The number of aromatic nitrogens is 5. The molecule has 0 saturated carbocycles. The van der Waals surface area contributed by atoms with Crippen LogP contribution in [0.1, 0.15) is 54.2 Å². The first-order chi connectivity index (χ1) is 17.0. The molecular weight excluding hydrogens is 440 g/mol. The van der Waals surface area contributed by atoms with Crippen LogP contribution in [-0.2, 0) is 11.3 Å². The van der Waals surface area contributed by atoms with Gasteiger partial charge in [0.25, 0.3) is 0 Å². The number of anilines is 1. The molecule has 8 nitrogen and oxygen atoms in total. The van der Waals surface area contributed by atoms with Gasteiger partial charge in [0.05, 0.1) is 24.8 Å². The van der Waals surface area contributed by atoms with Crippen molar-refractivity contribution in [3.05, 3.63) is 83.5 Å². The van der Waals surface area contributed by atoms with Crippen LogP contribution < -0.4 is 10.1 Å². The fraction of sp³-hybridized carbons (Fsp3) is 0.259. The number of methoxy groups -OCH3 is 1. The van der Waals surface area contributed by atoms with Crippen molar-refractivity contribution < 1.29 is 9.53 Å². The molecule has 0 spiro atoms. The molecule has 35 heavy (non-hydrogen) atoms. The molecule has 1 amide bonds. The minimum Gasteiger partial charge on any atom is -0.495 e. The summed E-state index contributed by atoms with van der Waals surface area (Å²) in [6, 6.07) is 14.0. The van der Waals surface area contributed by atoms with Crippen LogP contribution in [0.25, 0.3) is 17.8 Å². The van der Waals surface area contributed by atoms with E-state index >= 15 is 0 Å². The van der Waals surface area contributed by atoms with Crippen LogP contribution in [0.2, 0.25) is 0 Å². The monoisotopic (exact) mass is 468 g/mol. The fourth-order valence-corrected chi connectivity index (χ4v) is 4.57. The number of nitrogens with one attached hydrogen (secondary N) is 1. The summed E-state index contributed by atoms with van der Waals surface area (Å²) in [5, 5.41) is 7.69. The molecule has 8 heteroatoms. The summed E-state index contributed by atoms with van der Waals surface area (Å²) in [6.07, 6.45) is 9.64. The molecule has 0 fully saturated rings. The number of hydrogen-bond acceptors (Lipinski definition) is 5. The van der Waals surface area contributed by atoms with E-state index in [1.165, 1.54) is 6.92 Å². The van der Waals surface area contributed by atoms with Gasteiger partial charge in [0.15, 0.2) is 5.82 Å². The topological polar surface area (TPSA) is 86.9 Å². The summed E-state index contributed by atoms with van der Waals surface area (Å²) in [7, 11) is 1.67. The molecule has 4 aromatic rings. The van der Waals surface area contributed by atoms with Crippen molar-refractivity contribution in [3.8, 4) is 11.4 Å². The lowest BCUT2D eigenvalue weighted by Gasteiger charge is -2.24. The van der Waals surface area contributed by atoms with Gasteiger partial charge in [-0.1, -0.05) is 30.3 Å². The number of fused-ring (bicyclic) bond motifs is 1. The second kappa shape index (κ2) is 9.58. The first-order valence-electron chi connectivity index (χ1n) is 11.7. The van der Waals surface area contributed by atoms with Crippen LogP contribution in [0, 0.1) is 6.92 Å². The molecule has 1 atom stereocenters. The van der Waals surface area contributed by atoms with Crippen molar-refractivity contribution in [2.45, 2.75) is 39.2 Å². The SMILES string of the molecule is COc1cc(/C=C/c2nc3n(n2)CCCC3c2ccccc2NC(C)=O)ccc1-n1cnc(C)c1. The highest BCUT2D eigenvalue weighted by Crippen LogP contribution is 2.36. The zero-order valence-corrected chi connectivity index (χ0v) is 20.1. The number of amides is 1. The first-order valence-corrected chi connectivity index (χ1v) is 11.7. The molecule has 0 saturated heterocycles. The second-order valence-electron chi connectivity index (χ2n) is 8.70. The molecule has 1 N–H and O–H groups in total. The van der Waals surface area contributed by atoms with E-state index in [1.54, 1.807) is 13.4 Å². The predicted octanol–water partition coefficient (Wildman–Crippen LogP) is 4.84. The van der Waals surface area contributed by atoms with E-state index in [-0.39, 0.29) is 11.8 Å². The van der Waals surface area contributed by atoms with Gasteiger partial charge in [-0.3, -0.25) is 4.79 Å².